The second-order valence-corrected chi connectivity index (χ2v) is 5.28. The third kappa shape index (κ3) is 1.71. The van der Waals surface area contributed by atoms with E-state index in [0.717, 1.165) is 33.3 Å². The second kappa shape index (κ2) is 4.24. The van der Waals surface area contributed by atoms with E-state index in [1.807, 2.05) is 24.4 Å². The minimum Gasteiger partial charge on any atom is -0.340 e. The first-order chi connectivity index (χ1) is 9.81. The molecule has 4 aromatic heterocycles. The molecule has 20 heavy (non-hydrogen) atoms. The van der Waals surface area contributed by atoms with Crippen molar-refractivity contribution in [3.05, 3.63) is 35.6 Å². The summed E-state index contributed by atoms with van der Waals surface area (Å²) in [7, 11) is 0. The van der Waals surface area contributed by atoms with Gasteiger partial charge in [-0.05, 0) is 19.1 Å². The molecule has 0 radical (unpaired) electrons. The van der Waals surface area contributed by atoms with Crippen LogP contribution in [0.5, 0.6) is 0 Å². The van der Waals surface area contributed by atoms with Crippen LogP contribution in [0.2, 0.25) is 0 Å². The van der Waals surface area contributed by atoms with Gasteiger partial charge < -0.3 is 4.98 Å². The van der Waals surface area contributed by atoms with Gasteiger partial charge in [0.2, 0.25) is 0 Å². The van der Waals surface area contributed by atoms with Gasteiger partial charge in [-0.25, -0.2) is 15.0 Å². The highest BCUT2D eigenvalue weighted by Gasteiger charge is 2.13. The Morgan fingerprint density at radius 3 is 3.05 bits per heavy atom. The number of imidazole rings is 1. The molecule has 0 aliphatic carbocycles. The molecule has 0 aromatic carbocycles. The second-order valence-electron chi connectivity index (χ2n) is 4.43. The van der Waals surface area contributed by atoms with E-state index >= 15 is 0 Å². The Labute approximate surface area is 117 Å². The van der Waals surface area contributed by atoms with Crippen molar-refractivity contribution in [2.75, 3.05) is 0 Å². The third-order valence-electron chi connectivity index (χ3n) is 3.00. The summed E-state index contributed by atoms with van der Waals surface area (Å²) in [5.41, 5.74) is 3.47. The quantitative estimate of drug-likeness (QED) is 0.592. The van der Waals surface area contributed by atoms with Gasteiger partial charge in [0.1, 0.15) is 5.69 Å². The normalized spacial score (nSPS) is 11.2. The third-order valence-corrected chi connectivity index (χ3v) is 3.84. The molecular formula is C13H10N6S. The monoisotopic (exact) mass is 282 g/mol. The molecule has 0 spiro atoms. The number of nitrogens with zero attached hydrogens (tertiary/aromatic N) is 4. The van der Waals surface area contributed by atoms with Crippen molar-refractivity contribution >= 4 is 22.4 Å². The molecule has 0 saturated heterocycles. The van der Waals surface area contributed by atoms with Crippen LogP contribution in [0.3, 0.4) is 0 Å². The number of hydrogen-bond acceptors (Lipinski definition) is 5. The van der Waals surface area contributed by atoms with Crippen molar-refractivity contribution < 1.29 is 0 Å². The lowest BCUT2D eigenvalue weighted by atomic mass is 10.2. The summed E-state index contributed by atoms with van der Waals surface area (Å²) in [5.74, 6) is 0.792. The summed E-state index contributed by atoms with van der Waals surface area (Å²) < 4.78 is 0. The predicted octanol–water partition coefficient (Wildman–Crippen LogP) is 2.78. The van der Waals surface area contributed by atoms with Crippen LogP contribution in [0.25, 0.3) is 33.3 Å². The number of thiazole rings is 1. The molecule has 7 heteroatoms. The van der Waals surface area contributed by atoms with E-state index in [9.17, 15) is 0 Å². The standard InChI is InChI=1S/C13H10N6S/c1-7-5-15-12(16-7)13-17-9(6-20-13)10-8-3-2-4-14-11(8)19-18-10/h2-6H,1H3,(H,15,16)(H,14,18,19). The minimum atomic E-state index is 0.700. The molecule has 2 N–H and O–H groups in total. The van der Waals surface area contributed by atoms with Crippen LogP contribution < -0.4 is 0 Å². The van der Waals surface area contributed by atoms with Crippen LogP contribution >= 0.6 is 11.3 Å². The van der Waals surface area contributed by atoms with Crippen LogP contribution in [0.4, 0.5) is 0 Å². The molecule has 0 saturated carbocycles. The summed E-state index contributed by atoms with van der Waals surface area (Å²) >= 11 is 1.55. The molecule has 4 heterocycles. The molecule has 0 unspecified atom stereocenters. The van der Waals surface area contributed by atoms with E-state index in [0.29, 0.717) is 5.65 Å². The van der Waals surface area contributed by atoms with Gasteiger partial charge >= 0.3 is 0 Å². The number of aromatic amines is 2. The maximum absolute atomic E-state index is 4.61. The largest absolute Gasteiger partial charge is 0.340 e. The lowest BCUT2D eigenvalue weighted by Gasteiger charge is -1.92. The summed E-state index contributed by atoms with van der Waals surface area (Å²) in [5, 5.41) is 11.0. The molecule has 6 nitrogen and oxygen atoms in total. The Balaban J connectivity index is 1.82. The Morgan fingerprint density at radius 1 is 1.25 bits per heavy atom. The first kappa shape index (κ1) is 11.3. The number of fused-ring (bicyclic) bond motifs is 1. The van der Waals surface area contributed by atoms with Gasteiger partial charge in [-0.1, -0.05) is 0 Å². The average molecular weight is 282 g/mol. The fourth-order valence-electron chi connectivity index (χ4n) is 2.06. The van der Waals surface area contributed by atoms with Crippen molar-refractivity contribution in [2.45, 2.75) is 6.92 Å². The SMILES string of the molecule is Cc1cnc(-c2nc(-c3[nH]nc4ncccc34)cs2)[nH]1. The van der Waals surface area contributed by atoms with E-state index in [1.54, 1.807) is 23.7 Å². The van der Waals surface area contributed by atoms with Crippen molar-refractivity contribution in [2.24, 2.45) is 0 Å². The topological polar surface area (TPSA) is 83.1 Å². The van der Waals surface area contributed by atoms with E-state index in [2.05, 4.69) is 30.1 Å². The summed E-state index contributed by atoms with van der Waals surface area (Å²) in [6.07, 6.45) is 3.52. The lowest BCUT2D eigenvalue weighted by molar-refractivity contribution is 1.09. The van der Waals surface area contributed by atoms with Crippen LogP contribution in [0.15, 0.2) is 29.9 Å². The van der Waals surface area contributed by atoms with E-state index < -0.39 is 0 Å². The molecule has 0 fully saturated rings. The maximum atomic E-state index is 4.61. The average Bonchev–Trinajstić information content (AvgIpc) is 3.15. The zero-order chi connectivity index (χ0) is 13.5. The molecule has 0 aliphatic heterocycles. The molecule has 0 atom stereocenters. The van der Waals surface area contributed by atoms with Gasteiger partial charge in [-0.3, -0.25) is 5.10 Å². The fourth-order valence-corrected chi connectivity index (χ4v) is 2.82. The van der Waals surface area contributed by atoms with Gasteiger partial charge in [0.15, 0.2) is 16.5 Å². The number of aromatic nitrogens is 6. The first-order valence-electron chi connectivity index (χ1n) is 6.08. The van der Waals surface area contributed by atoms with Gasteiger partial charge in [0.05, 0.1) is 5.69 Å². The minimum absolute atomic E-state index is 0.700. The fraction of sp³-hybridized carbons (Fsp3) is 0.0769. The molecular weight excluding hydrogens is 272 g/mol. The van der Waals surface area contributed by atoms with Gasteiger partial charge in [-0.15, -0.1) is 11.3 Å². The van der Waals surface area contributed by atoms with Gasteiger partial charge in [0, 0.05) is 28.9 Å². The molecule has 0 amide bonds. The first-order valence-corrected chi connectivity index (χ1v) is 6.96. The van der Waals surface area contributed by atoms with Crippen molar-refractivity contribution in [1.82, 2.24) is 30.1 Å². The number of pyridine rings is 1. The van der Waals surface area contributed by atoms with Crippen molar-refractivity contribution in [3.8, 4) is 22.2 Å². The summed E-state index contributed by atoms with van der Waals surface area (Å²) in [6.45, 7) is 1.97. The van der Waals surface area contributed by atoms with Gasteiger partial charge in [-0.2, -0.15) is 5.10 Å². The Hall–Kier alpha value is -2.54. The molecule has 4 aromatic rings. The predicted molar refractivity (Wildman–Crippen MR) is 77.3 cm³/mol. The summed E-state index contributed by atoms with van der Waals surface area (Å²) in [4.78, 5) is 16.3. The number of hydrogen-bond donors (Lipinski definition) is 2. The Morgan fingerprint density at radius 2 is 2.20 bits per heavy atom. The van der Waals surface area contributed by atoms with Gasteiger partial charge in [0.25, 0.3) is 0 Å². The van der Waals surface area contributed by atoms with Crippen LogP contribution in [0, 0.1) is 6.92 Å². The zero-order valence-corrected chi connectivity index (χ0v) is 11.4. The van der Waals surface area contributed by atoms with E-state index in [4.69, 9.17) is 0 Å². The van der Waals surface area contributed by atoms with E-state index in [1.165, 1.54) is 0 Å². The molecule has 0 bridgehead atoms. The Bertz CT molecular complexity index is 887. The number of aryl methyl sites for hydroxylation is 1. The molecule has 98 valence electrons. The highest BCUT2D eigenvalue weighted by Crippen LogP contribution is 2.29. The number of rotatable bonds is 2. The van der Waals surface area contributed by atoms with Crippen LogP contribution in [-0.4, -0.2) is 30.1 Å². The zero-order valence-electron chi connectivity index (χ0n) is 10.6. The smallest absolute Gasteiger partial charge is 0.181 e. The van der Waals surface area contributed by atoms with Crippen LogP contribution in [0.1, 0.15) is 5.69 Å². The summed E-state index contributed by atoms with van der Waals surface area (Å²) in [6, 6.07) is 3.88. The number of H-pyrrole nitrogens is 2. The Kier molecular flexibility index (Phi) is 2.40. The highest BCUT2D eigenvalue weighted by atomic mass is 32.1. The van der Waals surface area contributed by atoms with Crippen molar-refractivity contribution in [1.29, 1.82) is 0 Å². The van der Waals surface area contributed by atoms with Crippen LogP contribution in [-0.2, 0) is 0 Å². The number of nitrogens with one attached hydrogen (secondary N) is 2. The van der Waals surface area contributed by atoms with E-state index in [-0.39, 0.29) is 0 Å². The van der Waals surface area contributed by atoms with Crippen molar-refractivity contribution in [3.63, 3.8) is 0 Å². The highest BCUT2D eigenvalue weighted by molar-refractivity contribution is 7.13. The lowest BCUT2D eigenvalue weighted by Crippen LogP contribution is -1.82. The molecule has 4 rings (SSSR count). The molecule has 0 aliphatic rings. The maximum Gasteiger partial charge on any atom is 0.181 e.